The maximum Gasteiger partial charge on any atom is 0.160 e. The van der Waals surface area contributed by atoms with Crippen LogP contribution in [0.25, 0.3) is 0 Å². The minimum atomic E-state index is 0.109. The fraction of sp³-hybridized carbons (Fsp3) is 0.250. The second-order valence-electron chi connectivity index (χ2n) is 4.76. The number of hydrogen-bond donors (Lipinski definition) is 2. The Morgan fingerprint density at radius 1 is 1.20 bits per heavy atom. The van der Waals surface area contributed by atoms with Crippen molar-refractivity contribution in [3.05, 3.63) is 52.0 Å². The van der Waals surface area contributed by atoms with Crippen molar-refractivity contribution in [2.24, 2.45) is 0 Å². The number of nitrogens with one attached hydrogen (secondary N) is 1. The van der Waals surface area contributed by atoms with Crippen molar-refractivity contribution in [3.8, 4) is 11.5 Å². The number of benzene rings is 2. The van der Waals surface area contributed by atoms with Gasteiger partial charge in [0, 0.05) is 16.2 Å². The lowest BCUT2D eigenvalue weighted by atomic mass is 10.1. The van der Waals surface area contributed by atoms with E-state index in [2.05, 4.69) is 47.2 Å². The van der Waals surface area contributed by atoms with Crippen LogP contribution in [0.1, 0.15) is 24.1 Å². The van der Waals surface area contributed by atoms with Gasteiger partial charge in [0.05, 0.1) is 7.11 Å². The maximum atomic E-state index is 9.64. The van der Waals surface area contributed by atoms with Gasteiger partial charge in [0.1, 0.15) is 0 Å². The summed E-state index contributed by atoms with van der Waals surface area (Å²) in [6.07, 6.45) is 0. The minimum absolute atomic E-state index is 0.109. The number of anilines is 1. The second kappa shape index (κ2) is 6.18. The van der Waals surface area contributed by atoms with E-state index in [1.807, 2.05) is 18.2 Å². The SMILES string of the molecule is COc1cc(C(C)Nc2cc(Br)ccc2C)ccc1O. The lowest BCUT2D eigenvalue weighted by Gasteiger charge is -2.18. The summed E-state index contributed by atoms with van der Waals surface area (Å²) in [4.78, 5) is 0. The first-order valence-corrected chi connectivity index (χ1v) is 7.20. The van der Waals surface area contributed by atoms with E-state index < -0.39 is 0 Å². The van der Waals surface area contributed by atoms with Crippen LogP contribution < -0.4 is 10.1 Å². The number of methoxy groups -OCH3 is 1. The van der Waals surface area contributed by atoms with Crippen LogP contribution in [0, 0.1) is 6.92 Å². The predicted octanol–water partition coefficient (Wildman–Crippen LogP) is 4.64. The number of aromatic hydroxyl groups is 1. The molecule has 0 amide bonds. The summed E-state index contributed by atoms with van der Waals surface area (Å²) in [5.74, 6) is 0.643. The minimum Gasteiger partial charge on any atom is -0.504 e. The first-order valence-electron chi connectivity index (χ1n) is 6.41. The van der Waals surface area contributed by atoms with Crippen molar-refractivity contribution in [2.45, 2.75) is 19.9 Å². The summed E-state index contributed by atoms with van der Waals surface area (Å²) >= 11 is 3.48. The molecular weight excluding hydrogens is 318 g/mol. The van der Waals surface area contributed by atoms with Gasteiger partial charge < -0.3 is 15.2 Å². The Balaban J connectivity index is 2.23. The van der Waals surface area contributed by atoms with Crippen LogP contribution >= 0.6 is 15.9 Å². The van der Waals surface area contributed by atoms with E-state index in [1.165, 1.54) is 5.56 Å². The quantitative estimate of drug-likeness (QED) is 0.854. The van der Waals surface area contributed by atoms with Crippen LogP contribution in [0.2, 0.25) is 0 Å². The molecule has 0 aromatic heterocycles. The lowest BCUT2D eigenvalue weighted by molar-refractivity contribution is 0.373. The summed E-state index contributed by atoms with van der Waals surface area (Å²) < 4.78 is 6.19. The number of hydrogen-bond acceptors (Lipinski definition) is 3. The van der Waals surface area contributed by atoms with E-state index in [0.717, 1.165) is 15.7 Å². The van der Waals surface area contributed by atoms with Gasteiger partial charge in [0.2, 0.25) is 0 Å². The second-order valence-corrected chi connectivity index (χ2v) is 5.67. The molecule has 106 valence electrons. The van der Waals surface area contributed by atoms with Crippen LogP contribution in [0.4, 0.5) is 5.69 Å². The highest BCUT2D eigenvalue weighted by Crippen LogP contribution is 2.31. The number of ether oxygens (including phenoxy) is 1. The van der Waals surface area contributed by atoms with Crippen LogP contribution in [0.3, 0.4) is 0 Å². The van der Waals surface area contributed by atoms with Crippen LogP contribution in [0.15, 0.2) is 40.9 Å². The summed E-state index contributed by atoms with van der Waals surface area (Å²) in [5, 5.41) is 13.1. The summed E-state index contributed by atoms with van der Waals surface area (Å²) in [5.41, 5.74) is 3.32. The van der Waals surface area contributed by atoms with E-state index >= 15 is 0 Å². The maximum absolute atomic E-state index is 9.64. The van der Waals surface area contributed by atoms with Gasteiger partial charge in [-0.25, -0.2) is 0 Å². The molecule has 2 rings (SSSR count). The number of phenols is 1. The van der Waals surface area contributed by atoms with E-state index in [0.29, 0.717) is 5.75 Å². The van der Waals surface area contributed by atoms with Crippen molar-refractivity contribution in [1.82, 2.24) is 0 Å². The lowest BCUT2D eigenvalue weighted by Crippen LogP contribution is -2.07. The molecule has 0 spiro atoms. The van der Waals surface area contributed by atoms with Crippen LogP contribution in [-0.2, 0) is 0 Å². The fourth-order valence-electron chi connectivity index (χ4n) is 2.03. The van der Waals surface area contributed by atoms with Crippen molar-refractivity contribution < 1.29 is 9.84 Å². The van der Waals surface area contributed by atoms with Gasteiger partial charge in [-0.15, -0.1) is 0 Å². The molecule has 0 aliphatic carbocycles. The monoisotopic (exact) mass is 335 g/mol. The zero-order chi connectivity index (χ0) is 14.7. The standard InChI is InChI=1S/C16H18BrNO2/c1-10-4-6-13(17)9-14(10)18-11(2)12-5-7-15(19)16(8-12)20-3/h4-9,11,18-19H,1-3H3. The van der Waals surface area contributed by atoms with Gasteiger partial charge in [0.25, 0.3) is 0 Å². The van der Waals surface area contributed by atoms with Crippen molar-refractivity contribution >= 4 is 21.6 Å². The van der Waals surface area contributed by atoms with Gasteiger partial charge in [0.15, 0.2) is 11.5 Å². The molecule has 0 fully saturated rings. The van der Waals surface area contributed by atoms with Gasteiger partial charge in [-0.2, -0.15) is 0 Å². The van der Waals surface area contributed by atoms with Gasteiger partial charge in [-0.3, -0.25) is 0 Å². The third kappa shape index (κ3) is 3.25. The Bertz CT molecular complexity index is 613. The normalized spacial score (nSPS) is 12.0. The van der Waals surface area contributed by atoms with Gasteiger partial charge in [-0.05, 0) is 49.2 Å². The van der Waals surface area contributed by atoms with Gasteiger partial charge in [-0.1, -0.05) is 28.1 Å². The zero-order valence-electron chi connectivity index (χ0n) is 11.8. The van der Waals surface area contributed by atoms with Crippen LogP contribution in [0.5, 0.6) is 11.5 Å². The smallest absolute Gasteiger partial charge is 0.160 e. The molecule has 4 heteroatoms. The number of halogens is 1. The van der Waals surface area contributed by atoms with E-state index in [1.54, 1.807) is 13.2 Å². The molecule has 0 aliphatic heterocycles. The van der Waals surface area contributed by atoms with Crippen molar-refractivity contribution in [1.29, 1.82) is 0 Å². The van der Waals surface area contributed by atoms with E-state index in [4.69, 9.17) is 4.74 Å². The Morgan fingerprint density at radius 3 is 2.65 bits per heavy atom. The Labute approximate surface area is 127 Å². The molecular formula is C16H18BrNO2. The Morgan fingerprint density at radius 2 is 1.95 bits per heavy atom. The van der Waals surface area contributed by atoms with Crippen LogP contribution in [-0.4, -0.2) is 12.2 Å². The Hall–Kier alpha value is -1.68. The predicted molar refractivity (Wildman–Crippen MR) is 85.6 cm³/mol. The summed E-state index contributed by atoms with van der Waals surface area (Å²) in [6.45, 7) is 4.14. The fourth-order valence-corrected chi connectivity index (χ4v) is 2.39. The van der Waals surface area contributed by atoms with E-state index in [-0.39, 0.29) is 11.8 Å². The first-order chi connectivity index (χ1) is 9.51. The topological polar surface area (TPSA) is 41.5 Å². The largest absolute Gasteiger partial charge is 0.504 e. The molecule has 3 nitrogen and oxygen atoms in total. The Kier molecular flexibility index (Phi) is 4.55. The molecule has 20 heavy (non-hydrogen) atoms. The molecule has 1 atom stereocenters. The molecule has 2 N–H and O–H groups in total. The molecule has 2 aromatic rings. The summed E-state index contributed by atoms with van der Waals surface area (Å²) in [7, 11) is 1.55. The summed E-state index contributed by atoms with van der Waals surface area (Å²) in [6, 6.07) is 11.6. The molecule has 0 bridgehead atoms. The van der Waals surface area contributed by atoms with E-state index in [9.17, 15) is 5.11 Å². The highest BCUT2D eigenvalue weighted by atomic mass is 79.9. The third-order valence-electron chi connectivity index (χ3n) is 3.28. The molecule has 0 heterocycles. The zero-order valence-corrected chi connectivity index (χ0v) is 13.4. The molecule has 0 radical (unpaired) electrons. The highest BCUT2D eigenvalue weighted by Gasteiger charge is 2.10. The molecule has 0 saturated carbocycles. The molecule has 1 unspecified atom stereocenters. The molecule has 0 aliphatic rings. The molecule has 2 aromatic carbocycles. The number of rotatable bonds is 4. The number of phenolic OH excluding ortho intramolecular Hbond substituents is 1. The number of aryl methyl sites for hydroxylation is 1. The highest BCUT2D eigenvalue weighted by molar-refractivity contribution is 9.10. The average Bonchev–Trinajstić information content (AvgIpc) is 2.43. The van der Waals surface area contributed by atoms with Gasteiger partial charge >= 0.3 is 0 Å². The molecule has 0 saturated heterocycles. The average molecular weight is 336 g/mol. The first kappa shape index (κ1) is 14.7. The third-order valence-corrected chi connectivity index (χ3v) is 3.77. The van der Waals surface area contributed by atoms with Crippen molar-refractivity contribution in [3.63, 3.8) is 0 Å². The van der Waals surface area contributed by atoms with Crippen molar-refractivity contribution in [2.75, 3.05) is 12.4 Å².